The van der Waals surface area contributed by atoms with E-state index in [2.05, 4.69) is 19.2 Å². The van der Waals surface area contributed by atoms with Gasteiger partial charge in [0, 0.05) is 25.7 Å². The quantitative estimate of drug-likeness (QED) is 0.819. The maximum Gasteiger partial charge on any atom is 0.146 e. The van der Waals surface area contributed by atoms with Crippen molar-refractivity contribution in [3.05, 3.63) is 29.6 Å². The summed E-state index contributed by atoms with van der Waals surface area (Å²) < 4.78 is 13.7. The third kappa shape index (κ3) is 4.00. The zero-order chi connectivity index (χ0) is 12.8. The SMILES string of the molecule is CCN(CC)c1cc(CNC(C)C)ccc1F. The van der Waals surface area contributed by atoms with Crippen molar-refractivity contribution >= 4 is 5.69 Å². The van der Waals surface area contributed by atoms with Gasteiger partial charge in [-0.25, -0.2) is 4.39 Å². The first-order valence-corrected chi connectivity index (χ1v) is 6.35. The van der Waals surface area contributed by atoms with Gasteiger partial charge in [-0.3, -0.25) is 0 Å². The number of hydrogen-bond acceptors (Lipinski definition) is 2. The van der Waals surface area contributed by atoms with Gasteiger partial charge in [-0.1, -0.05) is 19.9 Å². The Balaban J connectivity index is 2.85. The molecule has 0 spiro atoms. The van der Waals surface area contributed by atoms with Crippen molar-refractivity contribution in [2.24, 2.45) is 0 Å². The topological polar surface area (TPSA) is 15.3 Å². The van der Waals surface area contributed by atoms with Gasteiger partial charge in [-0.15, -0.1) is 0 Å². The molecular formula is C14H23FN2. The minimum Gasteiger partial charge on any atom is -0.370 e. The molecule has 2 nitrogen and oxygen atoms in total. The number of benzene rings is 1. The molecule has 0 radical (unpaired) electrons. The van der Waals surface area contributed by atoms with Crippen LogP contribution in [0.15, 0.2) is 18.2 Å². The highest BCUT2D eigenvalue weighted by molar-refractivity contribution is 5.49. The van der Waals surface area contributed by atoms with Crippen molar-refractivity contribution in [2.45, 2.75) is 40.3 Å². The van der Waals surface area contributed by atoms with E-state index in [1.165, 1.54) is 0 Å². The van der Waals surface area contributed by atoms with Gasteiger partial charge in [0.2, 0.25) is 0 Å². The van der Waals surface area contributed by atoms with Gasteiger partial charge in [0.05, 0.1) is 5.69 Å². The van der Waals surface area contributed by atoms with Gasteiger partial charge < -0.3 is 10.2 Å². The van der Waals surface area contributed by atoms with E-state index in [4.69, 9.17) is 0 Å². The van der Waals surface area contributed by atoms with Crippen LogP contribution >= 0.6 is 0 Å². The summed E-state index contributed by atoms with van der Waals surface area (Å²) in [4.78, 5) is 2.04. The van der Waals surface area contributed by atoms with E-state index in [0.29, 0.717) is 11.7 Å². The van der Waals surface area contributed by atoms with Crippen molar-refractivity contribution in [3.63, 3.8) is 0 Å². The first kappa shape index (κ1) is 14.0. The predicted octanol–water partition coefficient (Wildman–Crippen LogP) is 3.17. The summed E-state index contributed by atoms with van der Waals surface area (Å²) in [5, 5.41) is 3.34. The Labute approximate surface area is 104 Å². The summed E-state index contributed by atoms with van der Waals surface area (Å²) in [5.74, 6) is -0.137. The molecule has 0 aliphatic heterocycles. The number of anilines is 1. The average Bonchev–Trinajstić information content (AvgIpc) is 2.31. The van der Waals surface area contributed by atoms with Gasteiger partial charge in [0.1, 0.15) is 5.82 Å². The van der Waals surface area contributed by atoms with E-state index in [1.54, 1.807) is 6.07 Å². The summed E-state index contributed by atoms with van der Waals surface area (Å²) in [6, 6.07) is 5.79. The average molecular weight is 238 g/mol. The molecule has 1 aromatic rings. The van der Waals surface area contributed by atoms with Crippen molar-refractivity contribution in [1.29, 1.82) is 0 Å². The Bertz CT molecular complexity index is 346. The van der Waals surface area contributed by atoms with Crippen molar-refractivity contribution in [2.75, 3.05) is 18.0 Å². The fourth-order valence-electron chi connectivity index (χ4n) is 1.80. The molecule has 0 amide bonds. The second-order valence-electron chi connectivity index (χ2n) is 4.49. The zero-order valence-electron chi connectivity index (χ0n) is 11.3. The number of nitrogens with one attached hydrogen (secondary N) is 1. The molecule has 0 saturated heterocycles. The van der Waals surface area contributed by atoms with Crippen LogP contribution in [0.25, 0.3) is 0 Å². The first-order chi connectivity index (χ1) is 8.08. The van der Waals surface area contributed by atoms with Crippen LogP contribution in [0.1, 0.15) is 33.3 Å². The smallest absolute Gasteiger partial charge is 0.146 e. The number of rotatable bonds is 6. The van der Waals surface area contributed by atoms with Gasteiger partial charge >= 0.3 is 0 Å². The number of halogens is 1. The normalized spacial score (nSPS) is 10.9. The third-order valence-electron chi connectivity index (χ3n) is 2.83. The van der Waals surface area contributed by atoms with E-state index in [9.17, 15) is 4.39 Å². The zero-order valence-corrected chi connectivity index (χ0v) is 11.3. The van der Waals surface area contributed by atoms with E-state index >= 15 is 0 Å². The Hall–Kier alpha value is -1.09. The monoisotopic (exact) mass is 238 g/mol. The molecule has 17 heavy (non-hydrogen) atoms. The van der Waals surface area contributed by atoms with E-state index in [1.807, 2.05) is 30.9 Å². The number of nitrogens with zero attached hydrogens (tertiary/aromatic N) is 1. The van der Waals surface area contributed by atoms with E-state index < -0.39 is 0 Å². The first-order valence-electron chi connectivity index (χ1n) is 6.35. The van der Waals surface area contributed by atoms with Crippen molar-refractivity contribution < 1.29 is 4.39 Å². The molecule has 96 valence electrons. The van der Waals surface area contributed by atoms with Crippen LogP contribution in [0.4, 0.5) is 10.1 Å². The van der Waals surface area contributed by atoms with Crippen LogP contribution in [-0.4, -0.2) is 19.1 Å². The fourth-order valence-corrected chi connectivity index (χ4v) is 1.80. The molecule has 0 aromatic heterocycles. The third-order valence-corrected chi connectivity index (χ3v) is 2.83. The lowest BCUT2D eigenvalue weighted by atomic mass is 10.1. The molecule has 3 heteroatoms. The summed E-state index contributed by atoms with van der Waals surface area (Å²) in [7, 11) is 0. The lowest BCUT2D eigenvalue weighted by molar-refractivity contribution is 0.585. The molecular weight excluding hydrogens is 215 g/mol. The second-order valence-corrected chi connectivity index (χ2v) is 4.49. The summed E-state index contributed by atoms with van der Waals surface area (Å²) in [6.45, 7) is 10.7. The Morgan fingerprint density at radius 2 is 1.88 bits per heavy atom. The van der Waals surface area contributed by atoms with Gasteiger partial charge in [-0.05, 0) is 31.5 Å². The summed E-state index contributed by atoms with van der Waals surface area (Å²) >= 11 is 0. The molecule has 0 atom stereocenters. The molecule has 0 unspecified atom stereocenters. The Kier molecular flexibility index (Phi) is 5.42. The molecule has 0 aliphatic rings. The van der Waals surface area contributed by atoms with Crippen LogP contribution in [0.5, 0.6) is 0 Å². The highest BCUT2D eigenvalue weighted by Gasteiger charge is 2.09. The molecule has 1 N–H and O–H groups in total. The maximum atomic E-state index is 13.7. The van der Waals surface area contributed by atoms with E-state index in [0.717, 1.165) is 25.2 Å². The largest absolute Gasteiger partial charge is 0.370 e. The Morgan fingerprint density at radius 1 is 1.24 bits per heavy atom. The standard InChI is InChI=1S/C14H23FN2/c1-5-17(6-2)14-9-12(7-8-13(14)15)10-16-11(3)4/h7-9,11,16H,5-6,10H2,1-4H3. The molecule has 0 aliphatic carbocycles. The highest BCUT2D eigenvalue weighted by atomic mass is 19.1. The van der Waals surface area contributed by atoms with Crippen LogP contribution in [0.2, 0.25) is 0 Å². The lowest BCUT2D eigenvalue weighted by Crippen LogP contribution is -2.24. The Morgan fingerprint density at radius 3 is 2.41 bits per heavy atom. The van der Waals surface area contributed by atoms with Crippen LogP contribution in [0.3, 0.4) is 0 Å². The molecule has 0 saturated carbocycles. The lowest BCUT2D eigenvalue weighted by Gasteiger charge is -2.22. The van der Waals surface area contributed by atoms with Crippen molar-refractivity contribution in [3.8, 4) is 0 Å². The molecule has 1 rings (SSSR count). The minimum absolute atomic E-state index is 0.137. The summed E-state index contributed by atoms with van der Waals surface area (Å²) in [5.41, 5.74) is 1.83. The molecule has 0 fully saturated rings. The molecule has 1 aromatic carbocycles. The van der Waals surface area contributed by atoms with Crippen LogP contribution < -0.4 is 10.2 Å². The van der Waals surface area contributed by atoms with Gasteiger partial charge in [0.25, 0.3) is 0 Å². The maximum absolute atomic E-state index is 13.7. The van der Waals surface area contributed by atoms with Crippen molar-refractivity contribution in [1.82, 2.24) is 5.32 Å². The van der Waals surface area contributed by atoms with Gasteiger partial charge in [0.15, 0.2) is 0 Å². The van der Waals surface area contributed by atoms with Gasteiger partial charge in [-0.2, -0.15) is 0 Å². The van der Waals surface area contributed by atoms with Crippen LogP contribution in [0, 0.1) is 5.82 Å². The highest BCUT2D eigenvalue weighted by Crippen LogP contribution is 2.20. The summed E-state index contributed by atoms with van der Waals surface area (Å²) in [6.07, 6.45) is 0. The number of hydrogen-bond donors (Lipinski definition) is 1. The molecule has 0 heterocycles. The fraction of sp³-hybridized carbons (Fsp3) is 0.571. The molecule has 0 bridgehead atoms. The predicted molar refractivity (Wildman–Crippen MR) is 71.9 cm³/mol. The van der Waals surface area contributed by atoms with E-state index in [-0.39, 0.29) is 5.82 Å². The minimum atomic E-state index is -0.137. The second kappa shape index (κ2) is 6.60. The van der Waals surface area contributed by atoms with Crippen LogP contribution in [-0.2, 0) is 6.54 Å².